The van der Waals surface area contributed by atoms with Gasteiger partial charge in [0.25, 0.3) is 5.91 Å². The normalized spacial score (nSPS) is 12.9. The van der Waals surface area contributed by atoms with Gasteiger partial charge in [0.2, 0.25) is 5.91 Å². The predicted octanol–water partition coefficient (Wildman–Crippen LogP) is 5.59. The van der Waals surface area contributed by atoms with Gasteiger partial charge < -0.3 is 15.0 Å². The molecule has 0 heterocycles. The van der Waals surface area contributed by atoms with Gasteiger partial charge in [-0.25, -0.2) is 0 Å². The minimum Gasteiger partial charge on any atom is -0.483 e. The molecule has 0 fully saturated rings. The first kappa shape index (κ1) is 25.9. The van der Waals surface area contributed by atoms with Crippen molar-refractivity contribution in [2.75, 3.05) is 6.61 Å². The fourth-order valence-corrected chi connectivity index (χ4v) is 3.66. The molecular formula is C26H35BrN2O3. The number of benzene rings is 2. The molecule has 0 aliphatic carbocycles. The Morgan fingerprint density at radius 3 is 2.28 bits per heavy atom. The van der Waals surface area contributed by atoms with Crippen LogP contribution in [0.3, 0.4) is 0 Å². The molecule has 0 saturated heterocycles. The van der Waals surface area contributed by atoms with Gasteiger partial charge in [0.1, 0.15) is 11.8 Å². The molecule has 2 amide bonds. The monoisotopic (exact) mass is 502 g/mol. The Hall–Kier alpha value is -2.34. The molecule has 2 aromatic carbocycles. The highest BCUT2D eigenvalue weighted by atomic mass is 79.9. The zero-order valence-electron chi connectivity index (χ0n) is 19.9. The predicted molar refractivity (Wildman–Crippen MR) is 133 cm³/mol. The Morgan fingerprint density at radius 1 is 1.06 bits per heavy atom. The van der Waals surface area contributed by atoms with Crippen LogP contribution in [0.25, 0.3) is 0 Å². The number of hydrogen-bond donors (Lipinski definition) is 1. The topological polar surface area (TPSA) is 58.6 Å². The van der Waals surface area contributed by atoms with E-state index < -0.39 is 6.04 Å². The molecule has 0 aromatic heterocycles. The molecular weight excluding hydrogens is 468 g/mol. The summed E-state index contributed by atoms with van der Waals surface area (Å²) in [5.41, 5.74) is 3.30. The molecule has 2 aromatic rings. The zero-order valence-corrected chi connectivity index (χ0v) is 21.5. The van der Waals surface area contributed by atoms with Crippen LogP contribution in [0, 0.1) is 6.92 Å². The quantitative estimate of drug-likeness (QED) is 0.460. The van der Waals surface area contributed by atoms with Crippen molar-refractivity contribution in [2.45, 2.75) is 72.5 Å². The molecule has 2 rings (SSSR count). The highest BCUT2D eigenvalue weighted by molar-refractivity contribution is 9.10. The van der Waals surface area contributed by atoms with Gasteiger partial charge in [-0.1, -0.05) is 56.7 Å². The number of carbonyl (C=O) groups is 2. The molecule has 0 radical (unpaired) electrons. The van der Waals surface area contributed by atoms with Crippen LogP contribution >= 0.6 is 15.9 Å². The van der Waals surface area contributed by atoms with E-state index in [1.165, 1.54) is 5.56 Å². The lowest BCUT2D eigenvalue weighted by Crippen LogP contribution is -2.50. The summed E-state index contributed by atoms with van der Waals surface area (Å²) in [5.74, 6) is 0.603. The van der Waals surface area contributed by atoms with E-state index in [-0.39, 0.29) is 24.5 Å². The van der Waals surface area contributed by atoms with Crippen molar-refractivity contribution in [3.8, 4) is 5.75 Å². The smallest absolute Gasteiger partial charge is 0.261 e. The van der Waals surface area contributed by atoms with Crippen molar-refractivity contribution in [1.29, 1.82) is 0 Å². The van der Waals surface area contributed by atoms with E-state index in [0.717, 1.165) is 22.0 Å². The number of hydrogen-bond acceptors (Lipinski definition) is 3. The summed E-state index contributed by atoms with van der Waals surface area (Å²) in [6.45, 7) is 12.2. The van der Waals surface area contributed by atoms with Crippen molar-refractivity contribution in [3.63, 3.8) is 0 Å². The van der Waals surface area contributed by atoms with Crippen LogP contribution in [0.5, 0.6) is 5.75 Å². The van der Waals surface area contributed by atoms with Crippen molar-refractivity contribution in [1.82, 2.24) is 10.2 Å². The van der Waals surface area contributed by atoms with E-state index in [1.807, 2.05) is 63.2 Å². The third-order valence-electron chi connectivity index (χ3n) is 5.62. The molecule has 0 aliphatic heterocycles. The second-order valence-corrected chi connectivity index (χ2v) is 9.49. The van der Waals surface area contributed by atoms with Crippen LogP contribution in [0.4, 0.5) is 0 Å². The maximum atomic E-state index is 13.2. The first-order chi connectivity index (χ1) is 15.1. The Labute approximate surface area is 200 Å². The van der Waals surface area contributed by atoms with Gasteiger partial charge in [-0.2, -0.15) is 0 Å². The van der Waals surface area contributed by atoms with Gasteiger partial charge in [-0.3, -0.25) is 9.59 Å². The molecule has 0 spiro atoms. The minimum atomic E-state index is -0.617. The summed E-state index contributed by atoms with van der Waals surface area (Å²) in [5, 5.41) is 2.98. The molecule has 0 unspecified atom stereocenters. The summed E-state index contributed by atoms with van der Waals surface area (Å²) < 4.78 is 6.64. The first-order valence-corrected chi connectivity index (χ1v) is 12.0. The molecule has 0 bridgehead atoms. The van der Waals surface area contributed by atoms with Crippen molar-refractivity contribution in [2.24, 2.45) is 0 Å². The van der Waals surface area contributed by atoms with Gasteiger partial charge in [-0.05, 0) is 72.3 Å². The lowest BCUT2D eigenvalue weighted by atomic mass is 10.0. The number of carbonyl (C=O) groups excluding carboxylic acids is 2. The van der Waals surface area contributed by atoms with E-state index >= 15 is 0 Å². The highest BCUT2D eigenvalue weighted by Gasteiger charge is 2.27. The van der Waals surface area contributed by atoms with Crippen LogP contribution in [-0.4, -0.2) is 35.4 Å². The number of nitrogens with zero attached hydrogens (tertiary/aromatic N) is 1. The lowest BCUT2D eigenvalue weighted by molar-refractivity contribution is -0.142. The van der Waals surface area contributed by atoms with Gasteiger partial charge >= 0.3 is 0 Å². The zero-order chi connectivity index (χ0) is 23.8. The SMILES string of the molecule is CC[C@@H](C)NC(=O)[C@@H](C)N(Cc1ccc(C)cc1)C(=O)COc1ccc(C(C)C)cc1Br. The number of nitrogens with one attached hydrogen (secondary N) is 1. The highest BCUT2D eigenvalue weighted by Crippen LogP contribution is 2.29. The molecule has 1 N–H and O–H groups in total. The molecule has 0 saturated carbocycles. The fourth-order valence-electron chi connectivity index (χ4n) is 3.15. The van der Waals surface area contributed by atoms with Crippen molar-refractivity contribution >= 4 is 27.7 Å². The molecule has 174 valence electrons. The molecule has 0 aliphatic rings. The number of halogens is 1. The average molecular weight is 503 g/mol. The van der Waals surface area contributed by atoms with Gasteiger partial charge in [0.15, 0.2) is 6.61 Å². The van der Waals surface area contributed by atoms with Crippen LogP contribution in [0.2, 0.25) is 0 Å². The third-order valence-corrected chi connectivity index (χ3v) is 6.24. The summed E-state index contributed by atoms with van der Waals surface area (Å²) in [6, 6.07) is 13.3. The standard InChI is InChI=1S/C26H35BrN2O3/c1-7-19(5)28-26(31)20(6)29(15-21-10-8-18(4)9-11-21)25(30)16-32-24-13-12-22(17(2)3)14-23(24)27/h8-14,17,19-20H,7,15-16H2,1-6H3,(H,28,31)/t19-,20-/m1/s1. The van der Waals surface area contributed by atoms with Gasteiger partial charge in [0, 0.05) is 12.6 Å². The second-order valence-electron chi connectivity index (χ2n) is 8.63. The number of ether oxygens (including phenoxy) is 1. The maximum absolute atomic E-state index is 13.2. The third kappa shape index (κ3) is 7.37. The van der Waals surface area contributed by atoms with Crippen molar-refractivity contribution in [3.05, 3.63) is 63.6 Å². The van der Waals surface area contributed by atoms with E-state index in [9.17, 15) is 9.59 Å². The van der Waals surface area contributed by atoms with E-state index in [4.69, 9.17) is 4.74 Å². The molecule has 6 heteroatoms. The number of amides is 2. The van der Waals surface area contributed by atoms with Crippen LogP contribution < -0.4 is 10.1 Å². The van der Waals surface area contributed by atoms with E-state index in [0.29, 0.717) is 18.2 Å². The number of aryl methyl sites for hydroxylation is 1. The Morgan fingerprint density at radius 2 is 1.72 bits per heavy atom. The first-order valence-electron chi connectivity index (χ1n) is 11.2. The summed E-state index contributed by atoms with van der Waals surface area (Å²) in [4.78, 5) is 27.5. The number of rotatable bonds is 10. The second kappa shape index (κ2) is 12.0. The fraction of sp³-hybridized carbons (Fsp3) is 0.462. The molecule has 32 heavy (non-hydrogen) atoms. The van der Waals surface area contributed by atoms with Gasteiger partial charge in [0.05, 0.1) is 4.47 Å². The van der Waals surface area contributed by atoms with E-state index in [2.05, 4.69) is 35.1 Å². The lowest BCUT2D eigenvalue weighted by Gasteiger charge is -2.29. The Kier molecular flexibility index (Phi) is 9.76. The van der Waals surface area contributed by atoms with E-state index in [1.54, 1.807) is 11.8 Å². The van der Waals surface area contributed by atoms with Gasteiger partial charge in [-0.15, -0.1) is 0 Å². The Bertz CT molecular complexity index is 912. The van der Waals surface area contributed by atoms with Crippen LogP contribution in [0.15, 0.2) is 46.9 Å². The summed E-state index contributed by atoms with van der Waals surface area (Å²) in [7, 11) is 0. The molecule has 2 atom stereocenters. The summed E-state index contributed by atoms with van der Waals surface area (Å²) >= 11 is 3.54. The largest absolute Gasteiger partial charge is 0.483 e. The average Bonchev–Trinajstić information content (AvgIpc) is 2.76. The van der Waals surface area contributed by atoms with Crippen molar-refractivity contribution < 1.29 is 14.3 Å². The maximum Gasteiger partial charge on any atom is 0.261 e. The Balaban J connectivity index is 2.17. The van der Waals surface area contributed by atoms with Crippen LogP contribution in [0.1, 0.15) is 63.6 Å². The summed E-state index contributed by atoms with van der Waals surface area (Å²) in [6.07, 6.45) is 0.827. The minimum absolute atomic E-state index is 0.0490. The molecule has 5 nitrogen and oxygen atoms in total. The van der Waals surface area contributed by atoms with Crippen LogP contribution in [-0.2, 0) is 16.1 Å².